The Bertz CT molecular complexity index is 124. The minimum Gasteiger partial charge on any atom is -0.378 e. The summed E-state index contributed by atoms with van der Waals surface area (Å²) < 4.78 is 5.48. The molecule has 0 aromatic carbocycles. The second-order valence-electron chi connectivity index (χ2n) is 3.66. The van der Waals surface area contributed by atoms with E-state index in [4.69, 9.17) is 4.74 Å². The summed E-state index contributed by atoms with van der Waals surface area (Å²) in [4.78, 5) is 0. The average Bonchev–Trinajstić information content (AvgIpc) is 2.07. The summed E-state index contributed by atoms with van der Waals surface area (Å²) in [5, 5.41) is 6.66. The van der Waals surface area contributed by atoms with E-state index in [-0.39, 0.29) is 0 Å². The van der Waals surface area contributed by atoms with Gasteiger partial charge in [0, 0.05) is 12.6 Å². The van der Waals surface area contributed by atoms with Gasteiger partial charge < -0.3 is 15.4 Å². The number of rotatable bonds is 7. The third kappa shape index (κ3) is 4.07. The van der Waals surface area contributed by atoms with Crippen LogP contribution in [0.2, 0.25) is 0 Å². The maximum Gasteiger partial charge on any atom is 0.0604 e. The largest absolute Gasteiger partial charge is 0.378 e. The molecular weight excluding hydrogens is 164 g/mol. The zero-order valence-corrected chi connectivity index (χ0v) is 8.81. The van der Waals surface area contributed by atoms with Crippen LogP contribution in [0.1, 0.15) is 26.2 Å². The standard InChI is InChI=1S/C10H22N2O/c1-3-13-10-7-9(8-10)12-6-4-5-11-2/h9-12H,3-8H2,1-2H3. The molecule has 0 atom stereocenters. The minimum absolute atomic E-state index is 0.534. The van der Waals surface area contributed by atoms with Crippen LogP contribution >= 0.6 is 0 Å². The van der Waals surface area contributed by atoms with Gasteiger partial charge in [-0.1, -0.05) is 0 Å². The summed E-state index contributed by atoms with van der Waals surface area (Å²) in [6, 6.07) is 0.716. The van der Waals surface area contributed by atoms with E-state index in [1.165, 1.54) is 19.3 Å². The number of ether oxygens (including phenoxy) is 1. The summed E-state index contributed by atoms with van der Waals surface area (Å²) in [7, 11) is 1.99. The molecule has 78 valence electrons. The molecule has 0 unspecified atom stereocenters. The third-order valence-corrected chi connectivity index (χ3v) is 2.53. The zero-order chi connectivity index (χ0) is 9.52. The van der Waals surface area contributed by atoms with Crippen LogP contribution in [-0.2, 0) is 4.74 Å². The fourth-order valence-corrected chi connectivity index (χ4v) is 1.68. The van der Waals surface area contributed by atoms with Crippen molar-refractivity contribution in [2.75, 3.05) is 26.7 Å². The van der Waals surface area contributed by atoms with Gasteiger partial charge in [-0.3, -0.25) is 0 Å². The summed E-state index contributed by atoms with van der Waals surface area (Å²) in [5.41, 5.74) is 0. The Hall–Kier alpha value is -0.120. The van der Waals surface area contributed by atoms with Crippen molar-refractivity contribution in [2.24, 2.45) is 0 Å². The van der Waals surface area contributed by atoms with Crippen molar-refractivity contribution in [2.45, 2.75) is 38.3 Å². The minimum atomic E-state index is 0.534. The molecule has 1 aliphatic rings. The van der Waals surface area contributed by atoms with Crippen LogP contribution in [0.3, 0.4) is 0 Å². The van der Waals surface area contributed by atoms with Gasteiger partial charge in [0.1, 0.15) is 0 Å². The zero-order valence-electron chi connectivity index (χ0n) is 8.81. The molecule has 1 rings (SSSR count). The number of hydrogen-bond acceptors (Lipinski definition) is 3. The maximum absolute atomic E-state index is 5.48. The Morgan fingerprint density at radius 2 is 2.08 bits per heavy atom. The van der Waals surface area contributed by atoms with Crippen LogP contribution in [-0.4, -0.2) is 38.9 Å². The Kier molecular flexibility index (Phi) is 5.35. The first-order valence-corrected chi connectivity index (χ1v) is 5.36. The molecule has 0 amide bonds. The van der Waals surface area contributed by atoms with Gasteiger partial charge in [0.25, 0.3) is 0 Å². The Balaban J connectivity index is 1.84. The average molecular weight is 186 g/mol. The number of nitrogens with one attached hydrogen (secondary N) is 2. The van der Waals surface area contributed by atoms with E-state index in [0.717, 1.165) is 19.7 Å². The molecule has 0 spiro atoms. The summed E-state index contributed by atoms with van der Waals surface area (Å²) in [6.07, 6.45) is 4.15. The molecular formula is C10H22N2O. The van der Waals surface area contributed by atoms with Crippen molar-refractivity contribution in [3.05, 3.63) is 0 Å². The molecule has 0 radical (unpaired) electrons. The highest BCUT2D eigenvalue weighted by molar-refractivity contribution is 4.85. The SMILES string of the molecule is CCOC1CC(NCCCNC)C1. The quantitative estimate of drug-likeness (QED) is 0.576. The van der Waals surface area contributed by atoms with E-state index in [9.17, 15) is 0 Å². The summed E-state index contributed by atoms with van der Waals surface area (Å²) in [6.45, 7) is 5.16. The van der Waals surface area contributed by atoms with Gasteiger partial charge in [-0.2, -0.15) is 0 Å². The molecule has 0 aromatic heterocycles. The molecule has 1 aliphatic carbocycles. The van der Waals surface area contributed by atoms with Crippen molar-refractivity contribution in [1.82, 2.24) is 10.6 Å². The first kappa shape index (κ1) is 11.0. The highest BCUT2D eigenvalue weighted by atomic mass is 16.5. The summed E-state index contributed by atoms with van der Waals surface area (Å²) in [5.74, 6) is 0. The predicted octanol–water partition coefficient (Wildman–Crippen LogP) is 0.753. The van der Waals surface area contributed by atoms with Gasteiger partial charge in [-0.05, 0) is 46.3 Å². The lowest BCUT2D eigenvalue weighted by molar-refractivity contribution is -0.00971. The van der Waals surface area contributed by atoms with Crippen molar-refractivity contribution in [1.29, 1.82) is 0 Å². The molecule has 1 saturated carbocycles. The molecule has 1 fully saturated rings. The van der Waals surface area contributed by atoms with Crippen LogP contribution in [0.4, 0.5) is 0 Å². The van der Waals surface area contributed by atoms with Crippen molar-refractivity contribution in [3.63, 3.8) is 0 Å². The molecule has 3 heteroatoms. The Morgan fingerprint density at radius 3 is 2.69 bits per heavy atom. The van der Waals surface area contributed by atoms with E-state index < -0.39 is 0 Å². The van der Waals surface area contributed by atoms with E-state index in [1.807, 2.05) is 7.05 Å². The lowest BCUT2D eigenvalue weighted by atomic mass is 9.89. The van der Waals surface area contributed by atoms with Crippen LogP contribution in [0.15, 0.2) is 0 Å². The number of hydrogen-bond donors (Lipinski definition) is 2. The molecule has 0 heterocycles. The molecule has 13 heavy (non-hydrogen) atoms. The normalized spacial score (nSPS) is 27.2. The first-order chi connectivity index (χ1) is 6.36. The van der Waals surface area contributed by atoms with Crippen molar-refractivity contribution >= 4 is 0 Å². The Labute approximate surface area is 81.2 Å². The monoisotopic (exact) mass is 186 g/mol. The van der Waals surface area contributed by atoms with Crippen LogP contribution in [0.25, 0.3) is 0 Å². The topological polar surface area (TPSA) is 33.3 Å². The fourth-order valence-electron chi connectivity index (χ4n) is 1.68. The van der Waals surface area contributed by atoms with Crippen molar-refractivity contribution < 1.29 is 4.74 Å². The van der Waals surface area contributed by atoms with Crippen molar-refractivity contribution in [3.8, 4) is 0 Å². The van der Waals surface area contributed by atoms with Crippen LogP contribution < -0.4 is 10.6 Å². The van der Waals surface area contributed by atoms with Crippen LogP contribution in [0, 0.1) is 0 Å². The van der Waals surface area contributed by atoms with E-state index in [0.29, 0.717) is 12.1 Å². The second kappa shape index (κ2) is 6.35. The van der Waals surface area contributed by atoms with Gasteiger partial charge in [-0.25, -0.2) is 0 Å². The smallest absolute Gasteiger partial charge is 0.0604 e. The van der Waals surface area contributed by atoms with Gasteiger partial charge in [0.2, 0.25) is 0 Å². The highest BCUT2D eigenvalue weighted by Crippen LogP contribution is 2.22. The fraction of sp³-hybridized carbons (Fsp3) is 1.00. The Morgan fingerprint density at radius 1 is 1.31 bits per heavy atom. The lowest BCUT2D eigenvalue weighted by Gasteiger charge is -2.35. The third-order valence-electron chi connectivity index (χ3n) is 2.53. The van der Waals surface area contributed by atoms with Crippen LogP contribution in [0.5, 0.6) is 0 Å². The molecule has 2 N–H and O–H groups in total. The van der Waals surface area contributed by atoms with Gasteiger partial charge in [-0.15, -0.1) is 0 Å². The first-order valence-electron chi connectivity index (χ1n) is 5.36. The van der Waals surface area contributed by atoms with Gasteiger partial charge in [0.05, 0.1) is 6.10 Å². The maximum atomic E-state index is 5.48. The highest BCUT2D eigenvalue weighted by Gasteiger charge is 2.28. The van der Waals surface area contributed by atoms with E-state index >= 15 is 0 Å². The molecule has 0 aromatic rings. The van der Waals surface area contributed by atoms with Gasteiger partial charge in [0.15, 0.2) is 0 Å². The predicted molar refractivity (Wildman–Crippen MR) is 55.0 cm³/mol. The van der Waals surface area contributed by atoms with Gasteiger partial charge >= 0.3 is 0 Å². The van der Waals surface area contributed by atoms with E-state index in [2.05, 4.69) is 17.6 Å². The molecule has 3 nitrogen and oxygen atoms in total. The second-order valence-corrected chi connectivity index (χ2v) is 3.66. The molecule has 0 bridgehead atoms. The lowest BCUT2D eigenvalue weighted by Crippen LogP contribution is -2.46. The summed E-state index contributed by atoms with van der Waals surface area (Å²) >= 11 is 0. The molecule has 0 saturated heterocycles. The van der Waals surface area contributed by atoms with E-state index in [1.54, 1.807) is 0 Å². The molecule has 0 aliphatic heterocycles.